The van der Waals surface area contributed by atoms with Gasteiger partial charge in [0.25, 0.3) is 0 Å². The minimum absolute atomic E-state index is 0.0412. The number of phosphoric ester groups is 1. The summed E-state index contributed by atoms with van der Waals surface area (Å²) < 4.78 is 30.9. The van der Waals surface area contributed by atoms with Crippen LogP contribution in [0.5, 0.6) is 0 Å². The summed E-state index contributed by atoms with van der Waals surface area (Å²) in [5.41, 5.74) is 0. The average molecular weight is 1240 g/mol. The van der Waals surface area contributed by atoms with Crippen molar-refractivity contribution in [2.24, 2.45) is 0 Å². The molecule has 10 heteroatoms. The zero-order valence-electron chi connectivity index (χ0n) is 58.5. The number of phosphoric acid groups is 1. The van der Waals surface area contributed by atoms with Crippen LogP contribution >= 0.6 is 7.82 Å². The first kappa shape index (κ1) is 84.7. The Kier molecular flexibility index (Phi) is 64.9. The molecule has 9 nitrogen and oxygen atoms in total. The Labute approximate surface area is 541 Å². The molecule has 0 bridgehead atoms. The lowest BCUT2D eigenvalue weighted by atomic mass is 10.0. The Morgan fingerprint density at radius 2 is 0.701 bits per heavy atom. The fraction of sp³-hybridized carbons (Fsp3) is 0.844. The van der Waals surface area contributed by atoms with Gasteiger partial charge in [0, 0.05) is 12.8 Å². The van der Waals surface area contributed by atoms with Gasteiger partial charge >= 0.3 is 13.8 Å². The minimum Gasteiger partial charge on any atom is -0.456 e. The van der Waals surface area contributed by atoms with Gasteiger partial charge < -0.3 is 19.4 Å². The Morgan fingerprint density at radius 1 is 0.402 bits per heavy atom. The van der Waals surface area contributed by atoms with E-state index >= 15 is 0 Å². The van der Waals surface area contributed by atoms with E-state index in [0.29, 0.717) is 23.9 Å². The van der Waals surface area contributed by atoms with Crippen molar-refractivity contribution >= 4 is 19.7 Å². The molecule has 0 saturated heterocycles. The molecule has 1 amide bonds. The molecule has 0 heterocycles. The third-order valence-electron chi connectivity index (χ3n) is 16.9. The van der Waals surface area contributed by atoms with Crippen molar-refractivity contribution in [1.29, 1.82) is 0 Å². The average Bonchev–Trinajstić information content (AvgIpc) is 3.70. The smallest absolute Gasteiger partial charge is 0.456 e. The molecule has 0 radical (unpaired) electrons. The van der Waals surface area contributed by atoms with E-state index in [1.165, 1.54) is 263 Å². The fourth-order valence-electron chi connectivity index (χ4n) is 11.1. The van der Waals surface area contributed by atoms with Gasteiger partial charge in [0.2, 0.25) is 5.91 Å². The van der Waals surface area contributed by atoms with Crippen molar-refractivity contribution in [3.8, 4) is 0 Å². The highest BCUT2D eigenvalue weighted by Crippen LogP contribution is 2.43. The predicted octanol–water partition coefficient (Wildman–Crippen LogP) is 24.1. The highest BCUT2D eigenvalue weighted by atomic mass is 31.2. The number of nitrogens with zero attached hydrogens (tertiary/aromatic N) is 1. The quantitative estimate of drug-likeness (QED) is 0.0205. The Morgan fingerprint density at radius 3 is 1.06 bits per heavy atom. The second-order valence-electron chi connectivity index (χ2n) is 26.8. The summed E-state index contributed by atoms with van der Waals surface area (Å²) >= 11 is 0. The summed E-state index contributed by atoms with van der Waals surface area (Å²) in [5, 5.41) is 3.08. The second kappa shape index (κ2) is 66.6. The zero-order valence-corrected chi connectivity index (χ0v) is 59.4. The first-order valence-electron chi connectivity index (χ1n) is 37.6. The minimum atomic E-state index is -4.45. The monoisotopic (exact) mass is 1240 g/mol. The van der Waals surface area contributed by atoms with Gasteiger partial charge in [-0.25, -0.2) is 4.57 Å². The summed E-state index contributed by atoms with van der Waals surface area (Å²) in [7, 11) is 1.51. The van der Waals surface area contributed by atoms with Gasteiger partial charge in [0.05, 0.1) is 33.8 Å². The molecule has 0 aromatic rings. The fourth-order valence-corrected chi connectivity index (χ4v) is 11.9. The molecule has 0 spiro atoms. The van der Waals surface area contributed by atoms with Crippen LogP contribution in [0, 0.1) is 0 Å². The highest BCUT2D eigenvalue weighted by Gasteiger charge is 2.30. The van der Waals surface area contributed by atoms with Crippen LogP contribution in [-0.2, 0) is 27.9 Å². The van der Waals surface area contributed by atoms with E-state index in [1.807, 2.05) is 33.3 Å². The van der Waals surface area contributed by atoms with Gasteiger partial charge in [-0.05, 0) is 96.0 Å². The number of ether oxygens (including phenoxy) is 1. The number of esters is 1. The maximum absolute atomic E-state index is 13.6. The van der Waals surface area contributed by atoms with Crippen molar-refractivity contribution in [1.82, 2.24) is 5.32 Å². The summed E-state index contributed by atoms with van der Waals surface area (Å²) in [4.78, 5) is 37.9. The molecule has 0 rings (SSSR count). The van der Waals surface area contributed by atoms with Crippen LogP contribution < -0.4 is 5.32 Å². The summed E-state index contributed by atoms with van der Waals surface area (Å²) in [6.07, 6.45) is 86.7. The second-order valence-corrected chi connectivity index (χ2v) is 28.3. The number of hydrogen-bond donors (Lipinski definition) is 2. The largest absolute Gasteiger partial charge is 0.472 e. The van der Waals surface area contributed by atoms with Crippen LogP contribution in [0.3, 0.4) is 0 Å². The Bertz CT molecular complexity index is 1670. The molecule has 3 unspecified atom stereocenters. The number of nitrogens with one attached hydrogen (secondary N) is 1. The molecule has 0 fully saturated rings. The van der Waals surface area contributed by atoms with Gasteiger partial charge in [-0.1, -0.05) is 319 Å². The van der Waals surface area contributed by atoms with E-state index in [4.69, 9.17) is 13.8 Å². The van der Waals surface area contributed by atoms with E-state index in [1.54, 1.807) is 0 Å². The Hall–Kier alpha value is -2.29. The van der Waals surface area contributed by atoms with Crippen LogP contribution in [0.2, 0.25) is 0 Å². The van der Waals surface area contributed by atoms with E-state index in [-0.39, 0.29) is 25.1 Å². The number of carbonyl (C=O) groups is 2. The number of quaternary nitrogens is 1. The number of unbranched alkanes of at least 4 members (excludes halogenated alkanes) is 45. The molecule has 3 atom stereocenters. The molecular weight excluding hydrogens is 1100 g/mol. The summed E-state index contributed by atoms with van der Waals surface area (Å²) in [6.45, 7) is 7.01. The van der Waals surface area contributed by atoms with Gasteiger partial charge in [0.1, 0.15) is 19.3 Å². The molecule has 0 saturated carbocycles. The Balaban J connectivity index is 4.92. The lowest BCUT2D eigenvalue weighted by Crippen LogP contribution is -2.47. The van der Waals surface area contributed by atoms with Crippen LogP contribution in [0.15, 0.2) is 60.8 Å². The van der Waals surface area contributed by atoms with Gasteiger partial charge in [-0.3, -0.25) is 18.6 Å². The van der Waals surface area contributed by atoms with Gasteiger partial charge in [-0.2, -0.15) is 0 Å². The maximum Gasteiger partial charge on any atom is 0.472 e. The summed E-state index contributed by atoms with van der Waals surface area (Å²) in [6, 6.07) is -0.849. The molecule has 0 aliphatic carbocycles. The zero-order chi connectivity index (χ0) is 63.5. The standard InChI is InChI=1S/C77H145N2O7P/c1-7-10-13-16-19-22-25-27-29-31-33-35-37-38-39-40-42-43-45-47-49-51-54-57-60-63-66-69-76(80)78-74(73-85-87(82,83)84-72-71-79(4,5)6)75(68-65-62-59-56-53-24-21-18-15-12-9-3)86-77(81)70-67-64-61-58-55-52-50-48-46-44-41-36-34-32-30-28-26-23-20-17-14-11-8-2/h19-20,22-23,27-30,65,68,74-75H,7-18,21,24-26,31-64,66-67,69-73H2,1-6H3,(H-,78,80,82,83)/p+1/b22-19-,23-20-,29-27-,30-28-,68-65-. The first-order valence-corrected chi connectivity index (χ1v) is 39.1. The normalized spacial score (nSPS) is 13.8. The van der Waals surface area contributed by atoms with Crippen molar-refractivity contribution < 1.29 is 37.3 Å². The molecule has 0 aromatic carbocycles. The van der Waals surface area contributed by atoms with E-state index in [9.17, 15) is 19.0 Å². The molecule has 0 aliphatic heterocycles. The molecule has 2 N–H and O–H groups in total. The number of amides is 1. The van der Waals surface area contributed by atoms with Crippen molar-refractivity contribution in [2.45, 2.75) is 380 Å². The lowest BCUT2D eigenvalue weighted by molar-refractivity contribution is -0.870. The molecule has 0 aliphatic rings. The lowest BCUT2D eigenvalue weighted by Gasteiger charge is -2.27. The molecule has 510 valence electrons. The van der Waals surface area contributed by atoms with Crippen molar-refractivity contribution in [3.05, 3.63) is 60.8 Å². The van der Waals surface area contributed by atoms with Crippen LogP contribution in [0.25, 0.3) is 0 Å². The number of rotatable bonds is 69. The third kappa shape index (κ3) is 67.9. The number of likely N-dealkylation sites (N-methyl/N-ethyl adjacent to an activating group) is 1. The van der Waals surface area contributed by atoms with Crippen molar-refractivity contribution in [2.75, 3.05) is 40.9 Å². The van der Waals surface area contributed by atoms with Crippen LogP contribution in [0.1, 0.15) is 367 Å². The van der Waals surface area contributed by atoms with E-state index in [0.717, 1.165) is 70.6 Å². The van der Waals surface area contributed by atoms with Crippen molar-refractivity contribution in [3.63, 3.8) is 0 Å². The third-order valence-corrected chi connectivity index (χ3v) is 17.9. The summed E-state index contributed by atoms with van der Waals surface area (Å²) in [5.74, 6) is -0.490. The molecular formula is C77H146N2O7P+. The first-order chi connectivity index (χ1) is 42.4. The molecule has 87 heavy (non-hydrogen) atoms. The van der Waals surface area contributed by atoms with Crippen LogP contribution in [-0.4, -0.2) is 74.3 Å². The van der Waals surface area contributed by atoms with Gasteiger partial charge in [-0.15, -0.1) is 0 Å². The molecule has 0 aromatic heterocycles. The van der Waals surface area contributed by atoms with Crippen LogP contribution in [0.4, 0.5) is 0 Å². The number of hydrogen-bond acceptors (Lipinski definition) is 6. The van der Waals surface area contributed by atoms with E-state index < -0.39 is 20.0 Å². The van der Waals surface area contributed by atoms with E-state index in [2.05, 4.69) is 74.7 Å². The number of allylic oxidation sites excluding steroid dienone is 9. The number of carbonyl (C=O) groups excluding carboxylic acids is 2. The highest BCUT2D eigenvalue weighted by molar-refractivity contribution is 7.47. The predicted molar refractivity (Wildman–Crippen MR) is 378 cm³/mol. The maximum atomic E-state index is 13.6. The SMILES string of the molecule is CCCCC/C=C\C/C=C\CCCCCCCCCCCCCCCCCCCC(=O)NC(COP(=O)(O)OCC[N+](C)(C)C)C(/C=C\CCCCCCCCCCC)OC(=O)CCCCCCCCCCCCCCC/C=C\C/C=C\CCCCC. The topological polar surface area (TPSA) is 111 Å². The van der Waals surface area contributed by atoms with Gasteiger partial charge in [0.15, 0.2) is 0 Å².